The minimum absolute atomic E-state index is 0.159. The number of fused-ring (bicyclic) bond motifs is 2. The normalized spacial score (nSPS) is 16.0. The minimum Gasteiger partial charge on any atom is -0.322 e. The molecule has 0 fully saturated rings. The highest BCUT2D eigenvalue weighted by Gasteiger charge is 2.25. The monoisotopic (exact) mass is 390 g/mol. The SMILES string of the molecule is CN(C)CCNS(=O)(=O)c1nc(Nc2c3c(cc4c2CCC4)CCC3)n[nH]1. The summed E-state index contributed by atoms with van der Waals surface area (Å²) in [4.78, 5) is 6.09. The van der Waals surface area contributed by atoms with E-state index in [4.69, 9.17) is 0 Å². The standard InChI is InChI=1S/C18H26N6O2S/c1-24(2)10-9-19-27(25,26)18-21-17(22-23-18)20-16-14-7-3-5-12(14)11-13-6-4-8-15(13)16/h11,19H,3-10H2,1-2H3,(H2,20,21,22,23). The smallest absolute Gasteiger partial charge is 0.275 e. The molecule has 9 heteroatoms. The van der Waals surface area contributed by atoms with Crippen molar-refractivity contribution in [3.63, 3.8) is 0 Å². The van der Waals surface area contributed by atoms with Gasteiger partial charge in [0.25, 0.3) is 15.2 Å². The quantitative estimate of drug-likeness (QED) is 0.660. The summed E-state index contributed by atoms with van der Waals surface area (Å²) >= 11 is 0. The van der Waals surface area contributed by atoms with Crippen LogP contribution in [0.25, 0.3) is 0 Å². The van der Waals surface area contributed by atoms with Crippen molar-refractivity contribution in [2.24, 2.45) is 0 Å². The molecule has 1 aromatic heterocycles. The van der Waals surface area contributed by atoms with E-state index in [1.807, 2.05) is 19.0 Å². The third kappa shape index (κ3) is 3.71. The summed E-state index contributed by atoms with van der Waals surface area (Å²) in [5, 5.41) is 9.81. The Kier molecular flexibility index (Phi) is 4.92. The fourth-order valence-electron chi connectivity index (χ4n) is 3.97. The van der Waals surface area contributed by atoms with Crippen LogP contribution in [0.5, 0.6) is 0 Å². The summed E-state index contributed by atoms with van der Waals surface area (Å²) in [5.74, 6) is 0.303. The minimum atomic E-state index is -3.70. The molecule has 3 N–H and O–H groups in total. The van der Waals surface area contributed by atoms with Gasteiger partial charge in [0.2, 0.25) is 5.95 Å². The number of nitrogens with zero attached hydrogens (tertiary/aromatic N) is 3. The second kappa shape index (κ2) is 7.21. The van der Waals surface area contributed by atoms with Crippen LogP contribution in [0.2, 0.25) is 0 Å². The zero-order chi connectivity index (χ0) is 19.0. The number of nitrogens with one attached hydrogen (secondary N) is 3. The zero-order valence-corrected chi connectivity index (χ0v) is 16.6. The maximum atomic E-state index is 12.4. The Morgan fingerprint density at radius 3 is 2.41 bits per heavy atom. The number of hydrogen-bond donors (Lipinski definition) is 3. The van der Waals surface area contributed by atoms with Gasteiger partial charge in [-0.1, -0.05) is 6.07 Å². The largest absolute Gasteiger partial charge is 0.322 e. The van der Waals surface area contributed by atoms with Gasteiger partial charge in [-0.05, 0) is 74.9 Å². The van der Waals surface area contributed by atoms with Crippen LogP contribution in [-0.4, -0.2) is 55.7 Å². The lowest BCUT2D eigenvalue weighted by molar-refractivity contribution is 0.412. The second-order valence-corrected chi connectivity index (χ2v) is 9.21. The number of anilines is 2. The summed E-state index contributed by atoms with van der Waals surface area (Å²) in [5.41, 5.74) is 6.60. The Morgan fingerprint density at radius 1 is 1.11 bits per heavy atom. The van der Waals surface area contributed by atoms with Crippen LogP contribution >= 0.6 is 0 Å². The molecule has 2 aromatic rings. The third-order valence-electron chi connectivity index (χ3n) is 5.28. The Bertz CT molecular complexity index is 919. The van der Waals surface area contributed by atoms with Crippen molar-refractivity contribution >= 4 is 21.7 Å². The van der Waals surface area contributed by atoms with E-state index in [0.29, 0.717) is 19.0 Å². The molecule has 2 aliphatic carbocycles. The van der Waals surface area contributed by atoms with Crippen molar-refractivity contribution in [2.75, 3.05) is 32.5 Å². The maximum absolute atomic E-state index is 12.4. The summed E-state index contributed by atoms with van der Waals surface area (Å²) in [7, 11) is 0.0846. The Balaban J connectivity index is 1.56. The molecular formula is C18H26N6O2S. The maximum Gasteiger partial charge on any atom is 0.275 e. The first kappa shape index (κ1) is 18.4. The molecule has 1 aromatic carbocycles. The van der Waals surface area contributed by atoms with Crippen molar-refractivity contribution in [1.29, 1.82) is 0 Å². The topological polar surface area (TPSA) is 103 Å². The van der Waals surface area contributed by atoms with E-state index in [-0.39, 0.29) is 5.16 Å². The van der Waals surface area contributed by atoms with Crippen LogP contribution in [0.1, 0.15) is 35.1 Å². The van der Waals surface area contributed by atoms with Gasteiger partial charge in [-0.15, -0.1) is 5.10 Å². The van der Waals surface area contributed by atoms with Crippen LogP contribution in [0.4, 0.5) is 11.6 Å². The fourth-order valence-corrected chi connectivity index (χ4v) is 4.84. The molecule has 0 unspecified atom stereocenters. The highest BCUT2D eigenvalue weighted by molar-refractivity contribution is 7.89. The van der Waals surface area contributed by atoms with E-state index in [9.17, 15) is 8.42 Å². The van der Waals surface area contributed by atoms with Crippen molar-refractivity contribution in [2.45, 2.75) is 43.7 Å². The number of H-pyrrole nitrogens is 1. The van der Waals surface area contributed by atoms with Gasteiger partial charge in [-0.2, -0.15) is 4.98 Å². The van der Waals surface area contributed by atoms with E-state index in [2.05, 4.69) is 31.3 Å². The molecule has 0 amide bonds. The molecule has 0 bridgehead atoms. The molecule has 0 saturated heterocycles. The van der Waals surface area contributed by atoms with Gasteiger partial charge in [0.15, 0.2) is 0 Å². The fraction of sp³-hybridized carbons (Fsp3) is 0.556. The number of aryl methyl sites for hydroxylation is 2. The van der Waals surface area contributed by atoms with Crippen molar-refractivity contribution < 1.29 is 8.42 Å². The molecule has 0 aliphatic heterocycles. The molecule has 1 heterocycles. The molecular weight excluding hydrogens is 364 g/mol. The number of benzene rings is 1. The van der Waals surface area contributed by atoms with E-state index in [1.54, 1.807) is 0 Å². The molecule has 146 valence electrons. The van der Waals surface area contributed by atoms with E-state index < -0.39 is 10.0 Å². The molecule has 8 nitrogen and oxygen atoms in total. The van der Waals surface area contributed by atoms with Crippen molar-refractivity contribution in [3.8, 4) is 0 Å². The Labute approximate surface area is 159 Å². The van der Waals surface area contributed by atoms with E-state index in [0.717, 1.165) is 44.2 Å². The van der Waals surface area contributed by atoms with Crippen LogP contribution < -0.4 is 10.0 Å². The Morgan fingerprint density at radius 2 is 1.78 bits per heavy atom. The van der Waals surface area contributed by atoms with Crippen LogP contribution in [0.15, 0.2) is 11.2 Å². The molecule has 27 heavy (non-hydrogen) atoms. The molecule has 0 spiro atoms. The van der Waals surface area contributed by atoms with Gasteiger partial charge in [-0.25, -0.2) is 18.2 Å². The van der Waals surface area contributed by atoms with Gasteiger partial charge >= 0.3 is 0 Å². The number of rotatable bonds is 7. The van der Waals surface area contributed by atoms with E-state index >= 15 is 0 Å². The van der Waals surface area contributed by atoms with Gasteiger partial charge in [0.1, 0.15) is 0 Å². The third-order valence-corrected chi connectivity index (χ3v) is 6.56. The lowest BCUT2D eigenvalue weighted by atomic mass is 9.99. The zero-order valence-electron chi connectivity index (χ0n) is 15.8. The molecule has 4 rings (SSSR count). The van der Waals surface area contributed by atoms with Gasteiger partial charge < -0.3 is 10.2 Å². The van der Waals surface area contributed by atoms with Gasteiger partial charge in [0, 0.05) is 18.8 Å². The van der Waals surface area contributed by atoms with Crippen LogP contribution in [0.3, 0.4) is 0 Å². The van der Waals surface area contributed by atoms with Crippen LogP contribution in [-0.2, 0) is 35.7 Å². The highest BCUT2D eigenvalue weighted by atomic mass is 32.2. The molecule has 0 saturated carbocycles. The highest BCUT2D eigenvalue weighted by Crippen LogP contribution is 2.39. The number of aromatic amines is 1. The summed E-state index contributed by atoms with van der Waals surface area (Å²) in [6, 6.07) is 2.36. The average Bonchev–Trinajstić information content (AvgIpc) is 3.34. The average molecular weight is 391 g/mol. The van der Waals surface area contributed by atoms with Crippen LogP contribution in [0, 0.1) is 0 Å². The van der Waals surface area contributed by atoms with Crippen molar-refractivity contribution in [3.05, 3.63) is 28.3 Å². The number of sulfonamides is 1. The summed E-state index contributed by atoms with van der Waals surface area (Å²) < 4.78 is 27.3. The molecule has 0 atom stereocenters. The summed E-state index contributed by atoms with van der Waals surface area (Å²) in [6.45, 7) is 0.930. The molecule has 2 aliphatic rings. The number of aromatic nitrogens is 3. The second-order valence-electron chi connectivity index (χ2n) is 7.52. The van der Waals surface area contributed by atoms with Crippen molar-refractivity contribution in [1.82, 2.24) is 24.8 Å². The number of likely N-dealkylation sites (N-methyl/N-ethyl adjacent to an activating group) is 1. The predicted octanol–water partition coefficient (Wildman–Crippen LogP) is 1.37. The lowest BCUT2D eigenvalue weighted by Crippen LogP contribution is -2.32. The lowest BCUT2D eigenvalue weighted by Gasteiger charge is -2.15. The summed E-state index contributed by atoms with van der Waals surface area (Å²) in [6.07, 6.45) is 6.65. The first-order valence-corrected chi connectivity index (χ1v) is 10.9. The first-order chi connectivity index (χ1) is 12.9. The van der Waals surface area contributed by atoms with E-state index in [1.165, 1.54) is 22.3 Å². The van der Waals surface area contributed by atoms with Gasteiger partial charge in [-0.3, -0.25) is 0 Å². The Hall–Kier alpha value is -1.97. The predicted molar refractivity (Wildman–Crippen MR) is 104 cm³/mol. The molecule has 0 radical (unpaired) electrons. The van der Waals surface area contributed by atoms with Gasteiger partial charge in [0.05, 0.1) is 0 Å². The first-order valence-electron chi connectivity index (χ1n) is 9.44. The number of hydrogen-bond acceptors (Lipinski definition) is 6.